The second kappa shape index (κ2) is 3.97. The van der Waals surface area contributed by atoms with Gasteiger partial charge in [-0.2, -0.15) is 0 Å². The van der Waals surface area contributed by atoms with Gasteiger partial charge in [-0.15, -0.1) is 11.3 Å². The van der Waals surface area contributed by atoms with Crippen LogP contribution in [-0.2, 0) is 0 Å². The Balaban J connectivity index is 1.72. The van der Waals surface area contributed by atoms with Crippen molar-refractivity contribution >= 4 is 17.1 Å². The summed E-state index contributed by atoms with van der Waals surface area (Å²) in [5.41, 5.74) is 0. The molecule has 4 rings (SSSR count). The van der Waals surface area contributed by atoms with Gasteiger partial charge in [0, 0.05) is 0 Å². The molecule has 1 aromatic rings. The van der Waals surface area contributed by atoms with Crippen LogP contribution in [0, 0.1) is 5.92 Å². The Morgan fingerprint density at radius 3 is 2.56 bits per heavy atom. The predicted octanol–water partition coefficient (Wildman–Crippen LogP) is 2.56. The van der Waals surface area contributed by atoms with Crippen LogP contribution >= 0.6 is 11.3 Å². The molecule has 0 amide bonds. The smallest absolute Gasteiger partial charge is 0.226 e. The molecule has 4 heterocycles. The van der Waals surface area contributed by atoms with E-state index in [4.69, 9.17) is 0 Å². The van der Waals surface area contributed by atoms with E-state index in [2.05, 4.69) is 0 Å². The van der Waals surface area contributed by atoms with Crippen molar-refractivity contribution in [1.82, 2.24) is 0 Å². The first-order valence-electron chi connectivity index (χ1n) is 6.19. The normalized spacial score (nSPS) is 32.9. The lowest BCUT2D eigenvalue weighted by Crippen LogP contribution is -2.60. The molecule has 1 aromatic heterocycles. The average Bonchev–Trinajstić information content (AvgIpc) is 2.84. The van der Waals surface area contributed by atoms with Crippen LogP contribution in [0.3, 0.4) is 0 Å². The molecule has 0 N–H and O–H groups in total. The fourth-order valence-electron chi connectivity index (χ4n) is 3.19. The van der Waals surface area contributed by atoms with Crippen LogP contribution in [0.1, 0.15) is 28.9 Å². The van der Waals surface area contributed by atoms with Gasteiger partial charge in [-0.1, -0.05) is 6.07 Å². The Morgan fingerprint density at radius 2 is 2.00 bits per heavy atom. The number of carbonyl (C=O) groups excluding carboxylic acids is 1. The summed E-state index contributed by atoms with van der Waals surface area (Å²) in [7, 11) is 0. The summed E-state index contributed by atoms with van der Waals surface area (Å²) < 4.78 is 1.08. The van der Waals surface area contributed by atoms with E-state index in [-0.39, 0.29) is 0 Å². The Kier molecular flexibility index (Phi) is 2.60. The molecule has 3 aliphatic rings. The highest BCUT2D eigenvalue weighted by Crippen LogP contribution is 2.33. The average molecular weight is 236 g/mol. The zero-order chi connectivity index (χ0) is 11.0. The third-order valence-electron chi connectivity index (χ3n) is 4.31. The summed E-state index contributed by atoms with van der Waals surface area (Å²) in [6.07, 6.45) is 4.03. The van der Waals surface area contributed by atoms with E-state index in [0.29, 0.717) is 5.78 Å². The lowest BCUT2D eigenvalue weighted by Gasteiger charge is -2.48. The van der Waals surface area contributed by atoms with Gasteiger partial charge in [-0.25, -0.2) is 0 Å². The maximum atomic E-state index is 12.2. The fraction of sp³-hybridized carbons (Fsp3) is 0.615. The molecular weight excluding hydrogens is 218 g/mol. The van der Waals surface area contributed by atoms with Gasteiger partial charge in [0.1, 0.15) is 6.54 Å². The molecule has 0 aliphatic carbocycles. The van der Waals surface area contributed by atoms with Crippen molar-refractivity contribution in [3.05, 3.63) is 22.4 Å². The van der Waals surface area contributed by atoms with Crippen LogP contribution in [0.5, 0.6) is 0 Å². The maximum absolute atomic E-state index is 12.2. The van der Waals surface area contributed by atoms with Crippen molar-refractivity contribution in [2.45, 2.75) is 19.3 Å². The Labute approximate surface area is 100 Å². The van der Waals surface area contributed by atoms with E-state index in [1.165, 1.54) is 38.9 Å². The first-order valence-corrected chi connectivity index (χ1v) is 7.07. The van der Waals surface area contributed by atoms with Crippen molar-refractivity contribution in [2.75, 3.05) is 26.2 Å². The third kappa shape index (κ3) is 1.82. The number of quaternary nitrogens is 1. The summed E-state index contributed by atoms with van der Waals surface area (Å²) in [5.74, 6) is 1.33. The Bertz CT molecular complexity index is 363. The number of ketones is 1. The molecule has 0 atom stereocenters. The molecule has 0 saturated carbocycles. The first-order chi connectivity index (χ1) is 7.77. The number of hydrogen-bond acceptors (Lipinski definition) is 2. The van der Waals surface area contributed by atoms with Crippen LogP contribution in [0.25, 0.3) is 0 Å². The topological polar surface area (TPSA) is 17.1 Å². The monoisotopic (exact) mass is 236 g/mol. The summed E-state index contributed by atoms with van der Waals surface area (Å²) in [6.45, 7) is 4.46. The number of Topliss-reactive ketones (excluding diaryl/α,β-unsaturated/α-hetero) is 1. The van der Waals surface area contributed by atoms with Crippen molar-refractivity contribution in [2.24, 2.45) is 5.92 Å². The first kappa shape index (κ1) is 10.5. The van der Waals surface area contributed by atoms with E-state index >= 15 is 0 Å². The second-order valence-corrected chi connectivity index (χ2v) is 6.25. The third-order valence-corrected chi connectivity index (χ3v) is 5.22. The molecule has 3 fully saturated rings. The molecule has 3 saturated heterocycles. The van der Waals surface area contributed by atoms with Crippen molar-refractivity contribution in [3.63, 3.8) is 0 Å². The molecule has 0 aromatic carbocycles. The summed E-state index contributed by atoms with van der Waals surface area (Å²) in [5, 5.41) is 2.00. The Morgan fingerprint density at radius 1 is 1.31 bits per heavy atom. The van der Waals surface area contributed by atoms with Gasteiger partial charge in [0.05, 0.1) is 24.5 Å². The fourth-order valence-corrected chi connectivity index (χ4v) is 3.85. The van der Waals surface area contributed by atoms with Gasteiger partial charge in [-0.05, 0) is 36.6 Å². The number of thiophene rings is 1. The van der Waals surface area contributed by atoms with E-state index in [9.17, 15) is 4.79 Å². The lowest BCUT2D eigenvalue weighted by molar-refractivity contribution is -0.935. The SMILES string of the molecule is O=C(C[N+]12CCC(CC1)CC2)c1cccs1. The van der Waals surface area contributed by atoms with Crippen LogP contribution in [0.15, 0.2) is 17.5 Å². The highest BCUT2D eigenvalue weighted by molar-refractivity contribution is 7.12. The van der Waals surface area contributed by atoms with E-state index < -0.39 is 0 Å². The molecule has 2 nitrogen and oxygen atoms in total. The van der Waals surface area contributed by atoms with Crippen LogP contribution < -0.4 is 0 Å². The summed E-state index contributed by atoms with van der Waals surface area (Å²) >= 11 is 1.58. The molecular formula is C13H18NOS+. The second-order valence-electron chi connectivity index (χ2n) is 5.30. The minimum Gasteiger partial charge on any atom is -0.317 e. The van der Waals surface area contributed by atoms with Crippen LogP contribution in [0.4, 0.5) is 0 Å². The van der Waals surface area contributed by atoms with Crippen molar-refractivity contribution in [1.29, 1.82) is 0 Å². The number of carbonyl (C=O) groups is 1. The molecule has 86 valence electrons. The number of rotatable bonds is 3. The molecule has 2 bridgehead atoms. The van der Waals surface area contributed by atoms with Gasteiger partial charge in [0.2, 0.25) is 5.78 Å². The van der Waals surface area contributed by atoms with Gasteiger partial charge in [0.25, 0.3) is 0 Å². The maximum Gasteiger partial charge on any atom is 0.226 e. The lowest BCUT2D eigenvalue weighted by atomic mass is 9.85. The zero-order valence-electron chi connectivity index (χ0n) is 9.52. The molecule has 3 heteroatoms. The molecule has 0 radical (unpaired) electrons. The van der Waals surface area contributed by atoms with Crippen molar-refractivity contribution < 1.29 is 9.28 Å². The van der Waals surface area contributed by atoms with E-state index in [1.807, 2.05) is 17.5 Å². The minimum absolute atomic E-state index is 0.357. The predicted molar refractivity (Wildman–Crippen MR) is 65.7 cm³/mol. The highest BCUT2D eigenvalue weighted by Gasteiger charge is 2.41. The van der Waals surface area contributed by atoms with Crippen LogP contribution in [0.2, 0.25) is 0 Å². The van der Waals surface area contributed by atoms with E-state index in [0.717, 1.165) is 21.8 Å². The largest absolute Gasteiger partial charge is 0.317 e. The van der Waals surface area contributed by atoms with Crippen LogP contribution in [-0.4, -0.2) is 36.4 Å². The standard InChI is InChI=1S/C13H18NOS/c15-12(13-2-1-9-16-13)10-14-6-3-11(4-7-14)5-8-14/h1-2,9,11H,3-8,10H2/q+1. The number of nitrogens with zero attached hydrogens (tertiary/aromatic N) is 1. The van der Waals surface area contributed by atoms with Crippen molar-refractivity contribution in [3.8, 4) is 0 Å². The highest BCUT2D eigenvalue weighted by atomic mass is 32.1. The zero-order valence-corrected chi connectivity index (χ0v) is 10.3. The summed E-state index contributed by atoms with van der Waals surface area (Å²) in [4.78, 5) is 13.1. The minimum atomic E-state index is 0.357. The van der Waals surface area contributed by atoms with E-state index in [1.54, 1.807) is 11.3 Å². The molecule has 0 spiro atoms. The quantitative estimate of drug-likeness (QED) is 0.582. The van der Waals surface area contributed by atoms with Gasteiger partial charge < -0.3 is 4.48 Å². The Hall–Kier alpha value is -0.670. The number of hydrogen-bond donors (Lipinski definition) is 0. The summed E-state index contributed by atoms with van der Waals surface area (Å²) in [6, 6.07) is 3.93. The van der Waals surface area contributed by atoms with Gasteiger partial charge in [-0.3, -0.25) is 4.79 Å². The molecule has 16 heavy (non-hydrogen) atoms. The number of piperidine rings is 3. The van der Waals surface area contributed by atoms with Gasteiger partial charge in [0.15, 0.2) is 0 Å². The molecule has 0 unspecified atom stereocenters. The number of fused-ring (bicyclic) bond motifs is 3. The molecule has 3 aliphatic heterocycles. The van der Waals surface area contributed by atoms with Gasteiger partial charge >= 0.3 is 0 Å².